The summed E-state index contributed by atoms with van der Waals surface area (Å²) in [5, 5.41) is 3.96. The van der Waals surface area contributed by atoms with E-state index in [4.69, 9.17) is 0 Å². The lowest BCUT2D eigenvalue weighted by Crippen LogP contribution is -2.35. The van der Waals surface area contributed by atoms with Crippen LogP contribution in [-0.4, -0.2) is 12.6 Å². The van der Waals surface area contributed by atoms with Crippen LogP contribution in [0.25, 0.3) is 0 Å². The lowest BCUT2D eigenvalue weighted by atomic mass is 9.71. The third-order valence-corrected chi connectivity index (χ3v) is 7.89. The van der Waals surface area contributed by atoms with Gasteiger partial charge in [0.25, 0.3) is 0 Å². The molecule has 160 valence electrons. The van der Waals surface area contributed by atoms with E-state index in [2.05, 4.69) is 84.2 Å². The van der Waals surface area contributed by atoms with Gasteiger partial charge in [-0.15, -0.1) is 12.4 Å². The maximum absolute atomic E-state index is 3.96. The van der Waals surface area contributed by atoms with E-state index in [-0.39, 0.29) is 17.8 Å². The summed E-state index contributed by atoms with van der Waals surface area (Å²) in [6.07, 6.45) is 7.71. The third-order valence-electron chi connectivity index (χ3n) is 7.89. The van der Waals surface area contributed by atoms with Crippen molar-refractivity contribution in [3.8, 4) is 0 Å². The number of nitrogens with one attached hydrogen (secondary N) is 1. The second kappa shape index (κ2) is 8.45. The van der Waals surface area contributed by atoms with E-state index >= 15 is 0 Å². The molecule has 6 rings (SSSR count). The van der Waals surface area contributed by atoms with Gasteiger partial charge in [0, 0.05) is 17.4 Å². The van der Waals surface area contributed by atoms with Crippen LogP contribution < -0.4 is 5.32 Å². The number of hydrogen-bond donors (Lipinski definition) is 1. The first-order valence-electron chi connectivity index (χ1n) is 11.8. The molecule has 1 atom stereocenters. The Hall–Kier alpha value is -2.09. The van der Waals surface area contributed by atoms with Gasteiger partial charge in [0.15, 0.2) is 0 Å². The Morgan fingerprint density at radius 1 is 0.806 bits per heavy atom. The van der Waals surface area contributed by atoms with Crippen LogP contribution in [0, 0.1) is 5.92 Å². The van der Waals surface area contributed by atoms with Crippen molar-refractivity contribution in [2.45, 2.75) is 55.9 Å². The highest BCUT2D eigenvalue weighted by Crippen LogP contribution is 2.61. The molecule has 0 heterocycles. The fourth-order valence-corrected chi connectivity index (χ4v) is 6.20. The van der Waals surface area contributed by atoms with Crippen LogP contribution in [0.1, 0.15) is 65.8 Å². The van der Waals surface area contributed by atoms with Crippen molar-refractivity contribution in [3.05, 3.63) is 107 Å². The maximum atomic E-state index is 3.96. The standard InChI is InChI=1S/C29H31N.ClH/c1-2-8-21(9-3-1)18-23(30-20-22-14-15-22)16-17-29-19-26(24-10-4-6-12-27(24)29)25-11-5-7-13-28(25)29;/h1-13,22-23,26,30H,14-20H2;1H. The highest BCUT2D eigenvalue weighted by molar-refractivity contribution is 5.85. The highest BCUT2D eigenvalue weighted by atomic mass is 35.5. The van der Waals surface area contributed by atoms with Crippen LogP contribution >= 0.6 is 12.4 Å². The van der Waals surface area contributed by atoms with Gasteiger partial charge in [0.1, 0.15) is 0 Å². The fraction of sp³-hybridized carbons (Fsp3) is 0.379. The molecule has 31 heavy (non-hydrogen) atoms. The monoisotopic (exact) mass is 429 g/mol. The van der Waals surface area contributed by atoms with Crippen molar-refractivity contribution in [3.63, 3.8) is 0 Å². The molecule has 1 unspecified atom stereocenters. The molecule has 0 aromatic heterocycles. The number of rotatable bonds is 8. The van der Waals surface area contributed by atoms with E-state index in [0.29, 0.717) is 12.0 Å². The van der Waals surface area contributed by atoms with Gasteiger partial charge in [0.2, 0.25) is 0 Å². The van der Waals surface area contributed by atoms with Crippen LogP contribution in [0.5, 0.6) is 0 Å². The smallest absolute Gasteiger partial charge is 0.0218 e. The van der Waals surface area contributed by atoms with Crippen molar-refractivity contribution >= 4 is 12.4 Å². The lowest BCUT2D eigenvalue weighted by molar-refractivity contribution is 0.391. The highest BCUT2D eigenvalue weighted by Gasteiger charge is 2.52. The molecule has 0 saturated heterocycles. The molecule has 1 N–H and O–H groups in total. The summed E-state index contributed by atoms with van der Waals surface area (Å²) >= 11 is 0. The number of benzene rings is 3. The Kier molecular flexibility index (Phi) is 5.67. The van der Waals surface area contributed by atoms with Gasteiger partial charge in [-0.2, -0.15) is 0 Å². The number of hydrogen-bond acceptors (Lipinski definition) is 1. The molecular weight excluding hydrogens is 398 g/mol. The average Bonchev–Trinajstić information content (AvgIpc) is 3.50. The first-order chi connectivity index (χ1) is 14.8. The Bertz CT molecular complexity index is 992. The van der Waals surface area contributed by atoms with E-state index in [1.165, 1.54) is 44.2 Å². The van der Waals surface area contributed by atoms with Crippen LogP contribution in [0.4, 0.5) is 0 Å². The van der Waals surface area contributed by atoms with Crippen molar-refractivity contribution < 1.29 is 0 Å². The molecule has 0 spiro atoms. The Morgan fingerprint density at radius 3 is 2.06 bits per heavy atom. The van der Waals surface area contributed by atoms with Crippen molar-refractivity contribution in [2.24, 2.45) is 5.92 Å². The molecule has 1 fully saturated rings. The van der Waals surface area contributed by atoms with Gasteiger partial charge in [-0.25, -0.2) is 0 Å². The minimum atomic E-state index is 0. The zero-order valence-corrected chi connectivity index (χ0v) is 18.9. The normalized spacial score (nSPS) is 23.7. The summed E-state index contributed by atoms with van der Waals surface area (Å²) in [6, 6.07) is 30.1. The molecule has 3 aromatic carbocycles. The zero-order valence-electron chi connectivity index (χ0n) is 18.1. The summed E-state index contributed by atoms with van der Waals surface area (Å²) < 4.78 is 0. The summed E-state index contributed by atoms with van der Waals surface area (Å²) in [4.78, 5) is 0. The maximum Gasteiger partial charge on any atom is 0.0218 e. The second-order valence-corrected chi connectivity index (χ2v) is 9.79. The van der Waals surface area contributed by atoms with E-state index in [1.54, 1.807) is 22.3 Å². The third kappa shape index (κ3) is 3.73. The van der Waals surface area contributed by atoms with Gasteiger partial charge < -0.3 is 5.32 Å². The van der Waals surface area contributed by atoms with E-state index in [9.17, 15) is 0 Å². The van der Waals surface area contributed by atoms with Gasteiger partial charge in [-0.05, 0) is 78.8 Å². The number of fused-ring (bicyclic) bond motifs is 8. The van der Waals surface area contributed by atoms with Crippen molar-refractivity contribution in [1.29, 1.82) is 0 Å². The van der Waals surface area contributed by atoms with E-state index in [0.717, 1.165) is 12.3 Å². The summed E-state index contributed by atoms with van der Waals surface area (Å²) in [7, 11) is 0. The molecule has 3 aliphatic rings. The Balaban J connectivity index is 0.00000204. The topological polar surface area (TPSA) is 12.0 Å². The molecule has 0 amide bonds. The van der Waals surface area contributed by atoms with Crippen LogP contribution in [0.3, 0.4) is 0 Å². The quantitative estimate of drug-likeness (QED) is 0.423. The van der Waals surface area contributed by atoms with Gasteiger partial charge >= 0.3 is 0 Å². The Labute approximate surface area is 192 Å². The first kappa shape index (κ1) is 20.8. The predicted octanol–water partition coefficient (Wildman–Crippen LogP) is 6.63. The van der Waals surface area contributed by atoms with Gasteiger partial charge in [0.05, 0.1) is 0 Å². The predicted molar refractivity (Wildman–Crippen MR) is 131 cm³/mol. The molecular formula is C29H32ClN. The average molecular weight is 430 g/mol. The van der Waals surface area contributed by atoms with Crippen molar-refractivity contribution in [2.75, 3.05) is 6.54 Å². The van der Waals surface area contributed by atoms with Gasteiger partial charge in [-0.1, -0.05) is 78.9 Å². The lowest BCUT2D eigenvalue weighted by Gasteiger charge is -2.33. The molecule has 1 saturated carbocycles. The molecule has 2 bridgehead atoms. The van der Waals surface area contributed by atoms with E-state index < -0.39 is 0 Å². The second-order valence-electron chi connectivity index (χ2n) is 9.79. The molecule has 3 aliphatic carbocycles. The summed E-state index contributed by atoms with van der Waals surface area (Å²) in [5.41, 5.74) is 8.06. The summed E-state index contributed by atoms with van der Waals surface area (Å²) in [6.45, 7) is 1.19. The SMILES string of the molecule is Cl.c1ccc(CC(CCC23CC(c4ccccc42)c2ccccc23)NCC2CC2)cc1. The van der Waals surface area contributed by atoms with Crippen molar-refractivity contribution in [1.82, 2.24) is 5.32 Å². The molecule has 1 nitrogen and oxygen atoms in total. The molecule has 3 aromatic rings. The number of halogens is 1. The Morgan fingerprint density at radius 2 is 1.42 bits per heavy atom. The van der Waals surface area contributed by atoms with E-state index in [1.807, 2.05) is 0 Å². The van der Waals surface area contributed by atoms with Crippen LogP contribution in [0.2, 0.25) is 0 Å². The van der Waals surface area contributed by atoms with Crippen LogP contribution in [-0.2, 0) is 11.8 Å². The minimum Gasteiger partial charge on any atom is -0.313 e. The zero-order chi connectivity index (χ0) is 20.0. The first-order valence-corrected chi connectivity index (χ1v) is 11.8. The van der Waals surface area contributed by atoms with Gasteiger partial charge in [-0.3, -0.25) is 0 Å². The fourth-order valence-electron chi connectivity index (χ4n) is 6.20. The molecule has 0 radical (unpaired) electrons. The molecule has 0 aliphatic heterocycles. The van der Waals surface area contributed by atoms with Crippen LogP contribution in [0.15, 0.2) is 78.9 Å². The molecule has 2 heteroatoms. The minimum absolute atomic E-state index is 0. The summed E-state index contributed by atoms with van der Waals surface area (Å²) in [5.74, 6) is 1.52. The largest absolute Gasteiger partial charge is 0.313 e.